The van der Waals surface area contributed by atoms with Crippen molar-refractivity contribution in [3.8, 4) is 33.8 Å². The molecule has 0 unspecified atom stereocenters. The Morgan fingerprint density at radius 3 is 1.79 bits per heavy atom. The quantitative estimate of drug-likeness (QED) is 0.431. The van der Waals surface area contributed by atoms with Crippen molar-refractivity contribution in [2.75, 3.05) is 6.61 Å². The van der Waals surface area contributed by atoms with Crippen molar-refractivity contribution >= 4 is 0 Å². The van der Waals surface area contributed by atoms with Crippen LogP contribution in [0.4, 0.5) is 0 Å². The summed E-state index contributed by atoms with van der Waals surface area (Å²) in [5.41, 5.74) is 5.31. The molecule has 1 N–H and O–H groups in total. The Morgan fingerprint density at radius 2 is 1.18 bits per heavy atom. The highest BCUT2D eigenvalue weighted by Crippen LogP contribution is 2.43. The predicted molar refractivity (Wildman–Crippen MR) is 115 cm³/mol. The molecule has 0 radical (unpaired) electrons. The summed E-state index contributed by atoms with van der Waals surface area (Å²) in [7, 11) is 0. The summed E-state index contributed by atoms with van der Waals surface area (Å²) in [6.07, 6.45) is 0.574. The molecular formula is C26H22O2. The molecule has 0 fully saturated rings. The van der Waals surface area contributed by atoms with Crippen molar-refractivity contribution in [3.63, 3.8) is 0 Å². The molecule has 0 atom stereocenters. The second kappa shape index (κ2) is 8.55. The summed E-state index contributed by atoms with van der Waals surface area (Å²) < 4.78 is 6.45. The van der Waals surface area contributed by atoms with Gasteiger partial charge in [0.15, 0.2) is 0 Å². The van der Waals surface area contributed by atoms with Gasteiger partial charge in [-0.05, 0) is 35.2 Å². The molecule has 0 aliphatic carbocycles. The first-order chi connectivity index (χ1) is 13.9. The smallest absolute Gasteiger partial charge is 0.143 e. The van der Waals surface area contributed by atoms with Crippen LogP contribution in [0.25, 0.3) is 22.3 Å². The van der Waals surface area contributed by atoms with Gasteiger partial charge in [0, 0.05) is 17.7 Å². The fraction of sp³-hybridized carbons (Fsp3) is 0.0769. The van der Waals surface area contributed by atoms with Crippen molar-refractivity contribution in [1.82, 2.24) is 0 Å². The lowest BCUT2D eigenvalue weighted by Crippen LogP contribution is -1.99. The van der Waals surface area contributed by atoms with Crippen LogP contribution in [0.3, 0.4) is 0 Å². The van der Waals surface area contributed by atoms with E-state index in [0.717, 1.165) is 39.3 Å². The topological polar surface area (TPSA) is 29.5 Å². The maximum absolute atomic E-state index is 9.62. The lowest BCUT2D eigenvalue weighted by atomic mass is 9.91. The van der Waals surface area contributed by atoms with Crippen LogP contribution < -0.4 is 4.74 Å². The Hall–Kier alpha value is -3.36. The molecule has 0 saturated carbocycles. The minimum absolute atomic E-state index is 0.0926. The highest BCUT2D eigenvalue weighted by atomic mass is 16.5. The fourth-order valence-electron chi connectivity index (χ4n) is 3.43. The van der Waals surface area contributed by atoms with Gasteiger partial charge in [-0.1, -0.05) is 91.0 Å². The lowest BCUT2D eigenvalue weighted by Gasteiger charge is -2.20. The van der Waals surface area contributed by atoms with E-state index in [2.05, 4.69) is 36.4 Å². The van der Waals surface area contributed by atoms with Gasteiger partial charge in [-0.3, -0.25) is 0 Å². The molecule has 138 valence electrons. The van der Waals surface area contributed by atoms with Crippen LogP contribution in [0.5, 0.6) is 11.5 Å². The third kappa shape index (κ3) is 3.83. The zero-order chi connectivity index (χ0) is 19.2. The molecule has 0 amide bonds. The lowest BCUT2D eigenvalue weighted by molar-refractivity contribution is 0.299. The van der Waals surface area contributed by atoms with E-state index < -0.39 is 0 Å². The Kier molecular flexibility index (Phi) is 5.51. The average molecular weight is 366 g/mol. The molecule has 4 aromatic carbocycles. The van der Waals surface area contributed by atoms with Gasteiger partial charge in [0.2, 0.25) is 0 Å². The molecule has 0 aliphatic rings. The number of benzene rings is 4. The molecule has 4 rings (SSSR count). The second-order valence-corrected chi connectivity index (χ2v) is 6.60. The fourth-order valence-corrected chi connectivity index (χ4v) is 3.43. The van der Waals surface area contributed by atoms with Crippen molar-refractivity contribution in [1.29, 1.82) is 0 Å². The van der Waals surface area contributed by atoms with Crippen LogP contribution in [-0.4, -0.2) is 11.7 Å². The van der Waals surface area contributed by atoms with Gasteiger partial charge in [0.25, 0.3) is 0 Å². The molecule has 28 heavy (non-hydrogen) atoms. The second-order valence-electron chi connectivity index (χ2n) is 6.60. The summed E-state index contributed by atoms with van der Waals surface area (Å²) in [6.45, 7) is 0.0926. The molecule has 0 saturated heterocycles. The Balaban J connectivity index is 1.97. The minimum Gasteiger partial charge on any atom is -0.456 e. The first kappa shape index (κ1) is 18.0. The van der Waals surface area contributed by atoms with Gasteiger partial charge in [0.05, 0.1) is 0 Å². The van der Waals surface area contributed by atoms with E-state index in [1.54, 1.807) is 0 Å². The summed E-state index contributed by atoms with van der Waals surface area (Å²) in [6, 6.07) is 34.5. The van der Waals surface area contributed by atoms with Crippen molar-refractivity contribution < 1.29 is 9.84 Å². The van der Waals surface area contributed by atoms with Gasteiger partial charge < -0.3 is 9.84 Å². The molecular weight excluding hydrogens is 344 g/mol. The molecule has 0 spiro atoms. The standard InChI is InChI=1S/C26H22O2/c27-19-18-22-16-17-24(20-10-4-1-5-11-20)26(28-23-14-8-3-9-15-23)25(22)21-12-6-2-7-13-21/h1-17,27H,18-19H2. The minimum atomic E-state index is 0.0926. The van der Waals surface area contributed by atoms with E-state index in [-0.39, 0.29) is 6.61 Å². The molecule has 0 aliphatic heterocycles. The number of aliphatic hydroxyl groups is 1. The number of aliphatic hydroxyl groups excluding tert-OH is 1. The van der Waals surface area contributed by atoms with Crippen molar-refractivity contribution in [2.45, 2.75) is 6.42 Å². The number of rotatable bonds is 6. The average Bonchev–Trinajstić information content (AvgIpc) is 2.76. The van der Waals surface area contributed by atoms with E-state index in [4.69, 9.17) is 4.74 Å². The first-order valence-corrected chi connectivity index (χ1v) is 9.47. The number of hydrogen-bond donors (Lipinski definition) is 1. The van der Waals surface area contributed by atoms with Gasteiger partial charge in [-0.2, -0.15) is 0 Å². The normalized spacial score (nSPS) is 10.6. The van der Waals surface area contributed by atoms with Crippen LogP contribution in [-0.2, 0) is 6.42 Å². The van der Waals surface area contributed by atoms with Crippen LogP contribution in [0.15, 0.2) is 103 Å². The van der Waals surface area contributed by atoms with E-state index in [0.29, 0.717) is 6.42 Å². The maximum atomic E-state index is 9.62. The number of para-hydroxylation sites is 1. The highest BCUT2D eigenvalue weighted by molar-refractivity contribution is 5.85. The highest BCUT2D eigenvalue weighted by Gasteiger charge is 2.18. The van der Waals surface area contributed by atoms with Crippen molar-refractivity contribution in [3.05, 3.63) is 109 Å². The summed E-state index contributed by atoms with van der Waals surface area (Å²) >= 11 is 0. The van der Waals surface area contributed by atoms with Gasteiger partial charge in [-0.25, -0.2) is 0 Å². The van der Waals surface area contributed by atoms with E-state index >= 15 is 0 Å². The Morgan fingerprint density at radius 1 is 0.607 bits per heavy atom. The van der Waals surface area contributed by atoms with Crippen LogP contribution in [0.2, 0.25) is 0 Å². The van der Waals surface area contributed by atoms with Crippen LogP contribution in [0.1, 0.15) is 5.56 Å². The number of hydrogen-bond acceptors (Lipinski definition) is 2. The molecule has 4 aromatic rings. The SMILES string of the molecule is OCCc1ccc(-c2ccccc2)c(Oc2ccccc2)c1-c1ccccc1. The largest absolute Gasteiger partial charge is 0.456 e. The Bertz CT molecular complexity index is 1030. The zero-order valence-corrected chi connectivity index (χ0v) is 15.6. The zero-order valence-electron chi connectivity index (χ0n) is 15.6. The summed E-state index contributed by atoms with van der Waals surface area (Å²) in [5, 5.41) is 9.62. The van der Waals surface area contributed by atoms with E-state index in [1.807, 2.05) is 66.7 Å². The molecule has 2 heteroatoms. The number of ether oxygens (including phenoxy) is 1. The van der Waals surface area contributed by atoms with Gasteiger partial charge in [-0.15, -0.1) is 0 Å². The van der Waals surface area contributed by atoms with Gasteiger partial charge >= 0.3 is 0 Å². The van der Waals surface area contributed by atoms with E-state index in [1.165, 1.54) is 0 Å². The van der Waals surface area contributed by atoms with Crippen LogP contribution >= 0.6 is 0 Å². The molecule has 2 nitrogen and oxygen atoms in total. The molecule has 0 bridgehead atoms. The molecule has 0 heterocycles. The first-order valence-electron chi connectivity index (χ1n) is 9.47. The maximum Gasteiger partial charge on any atom is 0.143 e. The van der Waals surface area contributed by atoms with Gasteiger partial charge in [0.1, 0.15) is 11.5 Å². The summed E-state index contributed by atoms with van der Waals surface area (Å²) in [5.74, 6) is 1.60. The third-order valence-corrected chi connectivity index (χ3v) is 4.74. The predicted octanol–water partition coefficient (Wildman–Crippen LogP) is 6.35. The summed E-state index contributed by atoms with van der Waals surface area (Å²) in [4.78, 5) is 0. The Labute approximate surface area is 165 Å². The van der Waals surface area contributed by atoms with E-state index in [9.17, 15) is 5.11 Å². The van der Waals surface area contributed by atoms with Crippen molar-refractivity contribution in [2.24, 2.45) is 0 Å². The van der Waals surface area contributed by atoms with Crippen LogP contribution in [0, 0.1) is 0 Å². The molecule has 0 aromatic heterocycles. The monoisotopic (exact) mass is 366 g/mol. The third-order valence-electron chi connectivity index (χ3n) is 4.74.